The van der Waals surface area contributed by atoms with E-state index < -0.39 is 57.8 Å². The summed E-state index contributed by atoms with van der Waals surface area (Å²) < 4.78 is 39.7. The molecule has 456 valence electrons. The molecule has 0 rings (SSSR count). The molecule has 0 fully saturated rings. The van der Waals surface area contributed by atoms with Crippen LogP contribution in [-0.4, -0.2) is 66.5 Å². The lowest BCUT2D eigenvalue weighted by molar-refractivity contribution is -0.161. The van der Waals surface area contributed by atoms with Crippen molar-refractivity contribution in [2.45, 2.75) is 328 Å². The summed E-state index contributed by atoms with van der Waals surface area (Å²) in [4.78, 5) is 48.7. The minimum atomic E-state index is -4.75. The Kier molecular flexibility index (Phi) is 58.5. The molecule has 3 unspecified atom stereocenters. The average Bonchev–Trinajstić information content (AvgIpc) is 3.43. The maximum absolute atomic E-state index is 13.0. The van der Waals surface area contributed by atoms with Gasteiger partial charge in [0, 0.05) is 19.3 Å². The normalized spacial score (nSPS) is 13.6. The first-order valence-electron chi connectivity index (χ1n) is 32.5. The van der Waals surface area contributed by atoms with E-state index in [1.807, 2.05) is 0 Å². The highest BCUT2D eigenvalue weighted by molar-refractivity contribution is 7.47. The molecule has 0 aliphatic heterocycles. The van der Waals surface area contributed by atoms with Gasteiger partial charge in [-0.15, -0.1) is 0 Å². The monoisotopic (exact) mass is 1120 g/mol. The number of allylic oxidation sites excluding steroid dienone is 8. The zero-order valence-corrected chi connectivity index (χ0v) is 51.5. The third-order valence-corrected chi connectivity index (χ3v) is 15.2. The van der Waals surface area contributed by atoms with Crippen LogP contribution in [0.3, 0.4) is 0 Å². The maximum Gasteiger partial charge on any atom is 0.472 e. The summed E-state index contributed by atoms with van der Waals surface area (Å²) in [6, 6.07) is 0. The van der Waals surface area contributed by atoms with Gasteiger partial charge in [0.15, 0.2) is 6.10 Å². The van der Waals surface area contributed by atoms with Gasteiger partial charge < -0.3 is 24.2 Å². The first-order valence-corrected chi connectivity index (χ1v) is 34.0. The molecule has 78 heavy (non-hydrogen) atoms. The van der Waals surface area contributed by atoms with Gasteiger partial charge >= 0.3 is 25.7 Å². The largest absolute Gasteiger partial charge is 0.472 e. The summed E-state index contributed by atoms with van der Waals surface area (Å²) in [7, 11) is -4.75. The first-order chi connectivity index (χ1) is 38.2. The van der Waals surface area contributed by atoms with Crippen molar-refractivity contribution in [2.75, 3.05) is 26.4 Å². The topological polar surface area (TPSA) is 155 Å². The lowest BCUT2D eigenvalue weighted by Crippen LogP contribution is -2.30. The molecule has 0 saturated heterocycles. The summed E-state index contributed by atoms with van der Waals surface area (Å²) in [5, 5.41) is 9.84. The van der Waals surface area contributed by atoms with Gasteiger partial charge in [0.25, 0.3) is 0 Å². The van der Waals surface area contributed by atoms with Gasteiger partial charge in [-0.1, -0.05) is 262 Å². The second kappa shape index (κ2) is 60.5. The molecule has 12 heteroatoms. The van der Waals surface area contributed by atoms with Gasteiger partial charge in [0.05, 0.1) is 19.8 Å². The van der Waals surface area contributed by atoms with Gasteiger partial charge in [0.2, 0.25) is 0 Å². The fraction of sp³-hybridized carbons (Fsp3) is 0.833. The zero-order chi connectivity index (χ0) is 56.9. The van der Waals surface area contributed by atoms with Gasteiger partial charge in [0.1, 0.15) is 12.7 Å². The molecule has 0 bridgehead atoms. The number of phosphoric acid groups is 1. The summed E-state index contributed by atoms with van der Waals surface area (Å²) in [5.41, 5.74) is 0. The molecule has 0 aliphatic rings. The van der Waals surface area contributed by atoms with E-state index in [-0.39, 0.29) is 25.9 Å². The van der Waals surface area contributed by atoms with E-state index in [1.165, 1.54) is 173 Å². The Morgan fingerprint density at radius 3 is 0.974 bits per heavy atom. The number of hydrogen-bond acceptors (Lipinski definition) is 10. The van der Waals surface area contributed by atoms with Gasteiger partial charge in [-0.2, -0.15) is 0 Å². The highest BCUT2D eigenvalue weighted by atomic mass is 31.2. The number of ether oxygens (including phenoxy) is 3. The van der Waals surface area contributed by atoms with Crippen LogP contribution in [0, 0.1) is 0 Å². The summed E-state index contributed by atoms with van der Waals surface area (Å²) >= 11 is 0. The smallest absolute Gasteiger partial charge is 0.462 e. The molecular formula is C66H121O11P. The van der Waals surface area contributed by atoms with Crippen molar-refractivity contribution in [1.29, 1.82) is 0 Å². The molecule has 3 atom stereocenters. The molecule has 0 saturated carbocycles. The fourth-order valence-electron chi connectivity index (χ4n) is 9.24. The van der Waals surface area contributed by atoms with Crippen LogP contribution in [0.1, 0.15) is 316 Å². The Morgan fingerprint density at radius 1 is 0.359 bits per heavy atom. The molecule has 0 aromatic rings. The van der Waals surface area contributed by atoms with Gasteiger partial charge in [-0.25, -0.2) is 4.57 Å². The number of carbonyl (C=O) groups excluding carboxylic acids is 3. The van der Waals surface area contributed by atoms with Crippen molar-refractivity contribution >= 4 is 25.7 Å². The molecule has 0 heterocycles. The van der Waals surface area contributed by atoms with Crippen molar-refractivity contribution in [3.05, 3.63) is 48.6 Å². The molecular weight excluding hydrogens is 1000 g/mol. The maximum atomic E-state index is 13.0. The minimum Gasteiger partial charge on any atom is -0.462 e. The minimum absolute atomic E-state index is 0.164. The Morgan fingerprint density at radius 2 is 0.628 bits per heavy atom. The quantitative estimate of drug-likeness (QED) is 0.0197. The van der Waals surface area contributed by atoms with Crippen molar-refractivity contribution in [3.8, 4) is 0 Å². The van der Waals surface area contributed by atoms with Crippen molar-refractivity contribution in [2.24, 2.45) is 0 Å². The van der Waals surface area contributed by atoms with Crippen LogP contribution in [0.2, 0.25) is 0 Å². The van der Waals surface area contributed by atoms with Crippen LogP contribution >= 0.6 is 7.82 Å². The summed E-state index contributed by atoms with van der Waals surface area (Å²) in [5.74, 6) is -1.45. The first kappa shape index (κ1) is 75.4. The van der Waals surface area contributed by atoms with Gasteiger partial charge in [-0.3, -0.25) is 23.4 Å². The summed E-state index contributed by atoms with van der Waals surface area (Å²) in [6.45, 7) is 4.65. The Labute approximate surface area is 479 Å². The van der Waals surface area contributed by atoms with E-state index >= 15 is 0 Å². The zero-order valence-electron chi connectivity index (χ0n) is 50.6. The number of aliphatic hydroxyl groups is 1. The average molecular weight is 1120 g/mol. The molecule has 2 N–H and O–H groups in total. The van der Waals surface area contributed by atoms with Crippen molar-refractivity contribution in [1.82, 2.24) is 0 Å². The van der Waals surface area contributed by atoms with Gasteiger partial charge in [-0.05, 0) is 83.5 Å². The fourth-order valence-corrected chi connectivity index (χ4v) is 10.0. The van der Waals surface area contributed by atoms with E-state index in [4.69, 9.17) is 23.3 Å². The number of aliphatic hydroxyl groups excluding tert-OH is 1. The molecule has 0 aromatic carbocycles. The van der Waals surface area contributed by atoms with E-state index in [9.17, 15) is 28.9 Å². The molecule has 0 aliphatic carbocycles. The molecule has 11 nitrogen and oxygen atoms in total. The van der Waals surface area contributed by atoms with Crippen LogP contribution in [0.4, 0.5) is 0 Å². The standard InChI is InChI=1S/C66H121O11P/c1-4-7-10-13-16-19-22-25-27-29-31-33-35-38-40-43-46-49-52-55-64(68)73-59-63(77-66(70)57-54-51-48-45-42-39-36-34-32-30-28-26-23-20-17-14-11-8-5-2)61-75-78(71,72)74-60-62(58-67)76-65(69)56-53-50-47-44-41-37-24-21-18-15-12-9-6-3/h16-17,19-20,25-28,62-63,67H,4-15,18,21-24,29-61H2,1-3H3,(H,71,72)/b19-16-,20-17-,27-25-,28-26-. The molecule has 0 radical (unpaired) electrons. The Bertz CT molecular complexity index is 1490. The van der Waals surface area contributed by atoms with Crippen molar-refractivity contribution < 1.29 is 52.2 Å². The molecule has 0 amide bonds. The number of hydrogen-bond donors (Lipinski definition) is 2. The van der Waals surface area contributed by atoms with E-state index in [1.54, 1.807) is 0 Å². The number of phosphoric ester groups is 1. The van der Waals surface area contributed by atoms with Crippen molar-refractivity contribution in [3.63, 3.8) is 0 Å². The van der Waals surface area contributed by atoms with E-state index in [2.05, 4.69) is 69.4 Å². The van der Waals surface area contributed by atoms with Crippen LogP contribution < -0.4 is 0 Å². The summed E-state index contributed by atoms with van der Waals surface area (Å²) in [6.07, 6.45) is 66.2. The number of carbonyl (C=O) groups is 3. The van der Waals surface area contributed by atoms with Crippen LogP contribution in [0.5, 0.6) is 0 Å². The lowest BCUT2D eigenvalue weighted by atomic mass is 10.0. The second-order valence-corrected chi connectivity index (χ2v) is 23.4. The Hall–Kier alpha value is -2.56. The van der Waals surface area contributed by atoms with Crippen LogP contribution in [0.15, 0.2) is 48.6 Å². The lowest BCUT2D eigenvalue weighted by Gasteiger charge is -2.21. The highest BCUT2D eigenvalue weighted by Crippen LogP contribution is 2.43. The second-order valence-electron chi connectivity index (χ2n) is 21.9. The molecule has 0 aromatic heterocycles. The molecule has 0 spiro atoms. The Balaban J connectivity index is 4.69. The predicted octanol–water partition coefficient (Wildman–Crippen LogP) is 19.7. The third kappa shape index (κ3) is 58.1. The highest BCUT2D eigenvalue weighted by Gasteiger charge is 2.28. The number of rotatable bonds is 61. The SMILES string of the molecule is CCCCC/C=C\C/C=C\CCCCCCCCCCCC(=O)OCC(COP(=O)(O)OCC(CO)OC(=O)CCCCCCCCCCCCCCC)OC(=O)CCCCCCCCCCC/C=C\C/C=C\CCCCC. The van der Waals surface area contributed by atoms with Crippen LogP contribution in [-0.2, 0) is 42.2 Å². The third-order valence-electron chi connectivity index (χ3n) is 14.2. The predicted molar refractivity (Wildman–Crippen MR) is 325 cm³/mol. The number of unbranched alkanes of at least 4 members (excludes halogenated alkanes) is 36. The number of esters is 3. The van der Waals surface area contributed by atoms with E-state index in [0.29, 0.717) is 19.3 Å². The van der Waals surface area contributed by atoms with Crippen LogP contribution in [0.25, 0.3) is 0 Å². The van der Waals surface area contributed by atoms with E-state index in [0.717, 1.165) is 83.5 Å².